The van der Waals surface area contributed by atoms with E-state index in [2.05, 4.69) is 0 Å². The van der Waals surface area contributed by atoms with Crippen molar-refractivity contribution >= 4 is 17.7 Å². The van der Waals surface area contributed by atoms with Gasteiger partial charge in [-0.25, -0.2) is 4.79 Å². The van der Waals surface area contributed by atoms with E-state index in [1.807, 2.05) is 67.8 Å². The Bertz CT molecular complexity index is 610. The highest BCUT2D eigenvalue weighted by atomic mass is 16.6. The number of carbonyl (C=O) groups excluding carboxylic acids is 2. The van der Waals surface area contributed by atoms with Crippen LogP contribution in [-0.2, 0) is 9.53 Å². The molecule has 0 radical (unpaired) electrons. The highest BCUT2D eigenvalue weighted by molar-refractivity contribution is 5.93. The van der Waals surface area contributed by atoms with Gasteiger partial charge in [0, 0.05) is 31.7 Å². The van der Waals surface area contributed by atoms with Crippen molar-refractivity contribution < 1.29 is 14.3 Å². The number of amides is 2. The first-order chi connectivity index (χ1) is 12.8. The summed E-state index contributed by atoms with van der Waals surface area (Å²) in [7, 11) is 0. The van der Waals surface area contributed by atoms with E-state index in [0.717, 1.165) is 51.0 Å². The molecule has 5 heteroatoms. The molecule has 0 aliphatic carbocycles. The zero-order valence-corrected chi connectivity index (χ0v) is 17.2. The van der Waals surface area contributed by atoms with Crippen LogP contribution in [0.25, 0.3) is 0 Å². The quantitative estimate of drug-likeness (QED) is 0.715. The zero-order chi connectivity index (χ0) is 19.9. The molecule has 1 aromatic carbocycles. The van der Waals surface area contributed by atoms with Crippen molar-refractivity contribution in [3.05, 3.63) is 30.3 Å². The van der Waals surface area contributed by atoms with Crippen LogP contribution in [0, 0.1) is 5.92 Å². The number of hydrogen-bond acceptors (Lipinski definition) is 3. The largest absolute Gasteiger partial charge is 0.444 e. The van der Waals surface area contributed by atoms with Crippen LogP contribution < -0.4 is 4.90 Å². The molecule has 0 N–H and O–H groups in total. The summed E-state index contributed by atoms with van der Waals surface area (Å²) < 4.78 is 5.51. The average Bonchev–Trinajstić information content (AvgIpc) is 2.64. The molecule has 0 aromatic heterocycles. The molecule has 0 bridgehead atoms. The topological polar surface area (TPSA) is 49.9 Å². The number of nitrogens with zero attached hydrogens (tertiary/aromatic N) is 2. The van der Waals surface area contributed by atoms with Gasteiger partial charge in [-0.3, -0.25) is 4.79 Å². The van der Waals surface area contributed by atoms with Gasteiger partial charge in [-0.2, -0.15) is 0 Å². The van der Waals surface area contributed by atoms with Crippen LogP contribution in [0.4, 0.5) is 10.5 Å². The van der Waals surface area contributed by atoms with Gasteiger partial charge in [-0.15, -0.1) is 0 Å². The van der Waals surface area contributed by atoms with Crippen molar-refractivity contribution in [2.45, 2.75) is 65.4 Å². The van der Waals surface area contributed by atoms with Crippen molar-refractivity contribution in [1.82, 2.24) is 4.90 Å². The number of carbonyl (C=O) groups is 2. The fourth-order valence-electron chi connectivity index (χ4n) is 3.53. The molecule has 1 unspecified atom stereocenters. The van der Waals surface area contributed by atoms with E-state index < -0.39 is 5.60 Å². The number of likely N-dealkylation sites (tertiary alicyclic amines) is 1. The van der Waals surface area contributed by atoms with Crippen LogP contribution >= 0.6 is 0 Å². The molecule has 1 aliphatic heterocycles. The molecule has 1 aliphatic rings. The number of ether oxygens (including phenoxy) is 1. The van der Waals surface area contributed by atoms with Gasteiger partial charge < -0.3 is 14.5 Å². The van der Waals surface area contributed by atoms with Crippen molar-refractivity contribution in [2.24, 2.45) is 5.92 Å². The van der Waals surface area contributed by atoms with Gasteiger partial charge in [-0.05, 0) is 64.5 Å². The van der Waals surface area contributed by atoms with Gasteiger partial charge in [0.1, 0.15) is 5.60 Å². The minimum Gasteiger partial charge on any atom is -0.444 e. The Labute approximate surface area is 163 Å². The predicted molar refractivity (Wildman–Crippen MR) is 109 cm³/mol. The molecule has 27 heavy (non-hydrogen) atoms. The van der Waals surface area contributed by atoms with E-state index >= 15 is 0 Å². The van der Waals surface area contributed by atoms with Gasteiger partial charge in [0.05, 0.1) is 0 Å². The summed E-state index contributed by atoms with van der Waals surface area (Å²) in [4.78, 5) is 28.4. The molecular formula is C22H34N2O3. The van der Waals surface area contributed by atoms with E-state index in [9.17, 15) is 9.59 Å². The Balaban J connectivity index is 1.86. The fraction of sp³-hybridized carbons (Fsp3) is 0.636. The van der Waals surface area contributed by atoms with E-state index in [1.165, 1.54) is 0 Å². The van der Waals surface area contributed by atoms with E-state index in [4.69, 9.17) is 4.74 Å². The van der Waals surface area contributed by atoms with Crippen molar-refractivity contribution in [3.8, 4) is 0 Å². The molecule has 1 atom stereocenters. The molecule has 2 rings (SSSR count). The standard InChI is InChI=1S/C22H34N2O3/c1-5-20(25)24(19-13-7-6-8-14-19)16-10-12-18-11-9-15-23(17-18)21(26)27-22(2,3)4/h6-8,13-14,18H,5,9-12,15-17H2,1-4H3. The Morgan fingerprint density at radius 1 is 1.22 bits per heavy atom. The van der Waals surface area contributed by atoms with Crippen LogP contribution in [0.15, 0.2) is 30.3 Å². The second-order valence-corrected chi connectivity index (χ2v) is 8.31. The maximum atomic E-state index is 12.3. The Morgan fingerprint density at radius 2 is 1.93 bits per heavy atom. The number of rotatable bonds is 6. The van der Waals surface area contributed by atoms with Crippen molar-refractivity contribution in [1.29, 1.82) is 0 Å². The monoisotopic (exact) mass is 374 g/mol. The number of piperidine rings is 1. The first kappa shape index (κ1) is 21.3. The van der Waals surface area contributed by atoms with Crippen LogP contribution in [0.5, 0.6) is 0 Å². The summed E-state index contributed by atoms with van der Waals surface area (Å²) in [5.41, 5.74) is 0.504. The third kappa shape index (κ3) is 6.89. The fourth-order valence-corrected chi connectivity index (χ4v) is 3.53. The molecular weight excluding hydrogens is 340 g/mol. The summed E-state index contributed by atoms with van der Waals surface area (Å²) in [6, 6.07) is 9.86. The lowest BCUT2D eigenvalue weighted by Crippen LogP contribution is -2.43. The van der Waals surface area contributed by atoms with Crippen LogP contribution in [0.3, 0.4) is 0 Å². The summed E-state index contributed by atoms with van der Waals surface area (Å²) >= 11 is 0. The van der Waals surface area contributed by atoms with Gasteiger partial charge in [0.15, 0.2) is 0 Å². The van der Waals surface area contributed by atoms with Gasteiger partial charge in [0.25, 0.3) is 0 Å². The summed E-state index contributed by atoms with van der Waals surface area (Å²) in [5, 5.41) is 0. The van der Waals surface area contributed by atoms with Gasteiger partial charge in [-0.1, -0.05) is 25.1 Å². The van der Waals surface area contributed by atoms with Crippen LogP contribution in [0.2, 0.25) is 0 Å². The predicted octanol–water partition coefficient (Wildman–Crippen LogP) is 4.86. The zero-order valence-electron chi connectivity index (χ0n) is 17.2. The van der Waals surface area contributed by atoms with E-state index in [-0.39, 0.29) is 12.0 Å². The number of hydrogen-bond donors (Lipinski definition) is 0. The summed E-state index contributed by atoms with van der Waals surface area (Å²) in [6.45, 7) is 9.84. The SMILES string of the molecule is CCC(=O)N(CCCC1CCCN(C(=O)OC(C)(C)C)C1)c1ccccc1. The maximum absolute atomic E-state index is 12.3. The van der Waals surface area contributed by atoms with Crippen LogP contribution in [0.1, 0.15) is 59.8 Å². The minimum atomic E-state index is -0.458. The van der Waals surface area contributed by atoms with E-state index in [1.54, 1.807) is 0 Å². The lowest BCUT2D eigenvalue weighted by molar-refractivity contribution is -0.118. The molecule has 0 saturated carbocycles. The molecule has 150 valence electrons. The highest BCUT2D eigenvalue weighted by Crippen LogP contribution is 2.24. The smallest absolute Gasteiger partial charge is 0.410 e. The molecule has 1 aromatic rings. The van der Waals surface area contributed by atoms with Gasteiger partial charge in [0.2, 0.25) is 5.91 Å². The van der Waals surface area contributed by atoms with Crippen LogP contribution in [-0.4, -0.2) is 42.1 Å². The average molecular weight is 375 g/mol. The lowest BCUT2D eigenvalue weighted by Gasteiger charge is -2.34. The normalized spacial score (nSPS) is 17.5. The summed E-state index contributed by atoms with van der Waals surface area (Å²) in [5.74, 6) is 0.626. The second-order valence-electron chi connectivity index (χ2n) is 8.31. The molecule has 1 heterocycles. The third-order valence-electron chi connectivity index (χ3n) is 4.84. The Kier molecular flexibility index (Phi) is 7.69. The Hall–Kier alpha value is -2.04. The first-order valence-corrected chi connectivity index (χ1v) is 10.1. The molecule has 2 amide bonds. The summed E-state index contributed by atoms with van der Waals surface area (Å²) in [6.07, 6.45) is 4.39. The molecule has 0 spiro atoms. The van der Waals surface area contributed by atoms with Crippen molar-refractivity contribution in [3.63, 3.8) is 0 Å². The third-order valence-corrected chi connectivity index (χ3v) is 4.84. The molecule has 5 nitrogen and oxygen atoms in total. The lowest BCUT2D eigenvalue weighted by atomic mass is 9.93. The van der Waals surface area contributed by atoms with E-state index in [0.29, 0.717) is 12.3 Å². The minimum absolute atomic E-state index is 0.153. The van der Waals surface area contributed by atoms with Gasteiger partial charge >= 0.3 is 6.09 Å². The molecule has 1 saturated heterocycles. The number of benzene rings is 1. The number of anilines is 1. The highest BCUT2D eigenvalue weighted by Gasteiger charge is 2.27. The second kappa shape index (κ2) is 9.77. The number of para-hydroxylation sites is 1. The molecule has 1 fully saturated rings. The maximum Gasteiger partial charge on any atom is 0.410 e. The Morgan fingerprint density at radius 3 is 2.56 bits per heavy atom. The van der Waals surface area contributed by atoms with Crippen molar-refractivity contribution in [2.75, 3.05) is 24.5 Å². The first-order valence-electron chi connectivity index (χ1n) is 10.1.